The molecule has 5 N–H and O–H groups in total. The van der Waals surface area contributed by atoms with Gasteiger partial charge in [-0.3, -0.25) is 4.72 Å². The second kappa shape index (κ2) is 6.82. The van der Waals surface area contributed by atoms with Crippen molar-refractivity contribution in [2.24, 2.45) is 5.14 Å². The number of hydrogen-bond donors (Lipinski definition) is 4. The predicted molar refractivity (Wildman–Crippen MR) is 96.1 cm³/mol. The third kappa shape index (κ3) is 4.30. The number of benzene rings is 2. The number of halogens is 3. The molecular formula is C12H9BrCl2N2O6S2. The first-order valence-corrected chi connectivity index (χ1v) is 10.7. The molecule has 0 saturated heterocycles. The molecule has 0 aromatic heterocycles. The SMILES string of the molecule is NS(=O)(=O)c1cc(Cl)cc(NS(=O)(=O)c2cc(Br)cc(Cl)c2O)c1O. The highest BCUT2D eigenvalue weighted by atomic mass is 79.9. The van der Waals surface area contributed by atoms with Crippen molar-refractivity contribution >= 4 is 64.9 Å². The Bertz CT molecular complexity index is 1070. The Morgan fingerprint density at radius 3 is 2.12 bits per heavy atom. The summed E-state index contributed by atoms with van der Waals surface area (Å²) in [5.74, 6) is -1.68. The number of nitrogens with one attached hydrogen (secondary N) is 1. The quantitative estimate of drug-likeness (QED) is 0.483. The van der Waals surface area contributed by atoms with Crippen LogP contribution in [0.15, 0.2) is 38.5 Å². The highest BCUT2D eigenvalue weighted by Gasteiger charge is 2.25. The van der Waals surface area contributed by atoms with Crippen LogP contribution in [0.2, 0.25) is 10.0 Å². The predicted octanol–water partition coefficient (Wildman–Crippen LogP) is 2.62. The number of rotatable bonds is 4. The standard InChI is InChI=1S/C12H9BrCl2N2O6S2/c13-5-1-7(15)11(18)10(2-5)25(22,23)17-8-3-6(14)4-9(12(8)19)24(16,20)21/h1-4,17-19H,(H2,16,20,21). The molecule has 2 rings (SSSR count). The normalized spacial score (nSPS) is 12.2. The molecule has 8 nitrogen and oxygen atoms in total. The van der Waals surface area contributed by atoms with Gasteiger partial charge >= 0.3 is 0 Å². The van der Waals surface area contributed by atoms with Crippen LogP contribution in [-0.4, -0.2) is 27.0 Å². The van der Waals surface area contributed by atoms with E-state index in [1.165, 1.54) is 6.07 Å². The van der Waals surface area contributed by atoms with E-state index in [2.05, 4.69) is 15.9 Å². The van der Waals surface area contributed by atoms with Crippen molar-refractivity contribution in [3.8, 4) is 11.5 Å². The molecule has 0 saturated carbocycles. The van der Waals surface area contributed by atoms with Gasteiger partial charge in [0.25, 0.3) is 10.0 Å². The zero-order valence-electron chi connectivity index (χ0n) is 11.9. The minimum atomic E-state index is -4.46. The monoisotopic (exact) mass is 490 g/mol. The van der Waals surface area contributed by atoms with Crippen LogP contribution >= 0.6 is 39.1 Å². The summed E-state index contributed by atoms with van der Waals surface area (Å²) in [7, 11) is -8.83. The lowest BCUT2D eigenvalue weighted by Gasteiger charge is -2.14. The highest BCUT2D eigenvalue weighted by molar-refractivity contribution is 9.10. The zero-order valence-corrected chi connectivity index (χ0v) is 16.6. The Morgan fingerprint density at radius 2 is 1.56 bits per heavy atom. The van der Waals surface area contributed by atoms with Gasteiger partial charge in [-0.1, -0.05) is 39.1 Å². The van der Waals surface area contributed by atoms with Crippen molar-refractivity contribution in [3.05, 3.63) is 38.8 Å². The van der Waals surface area contributed by atoms with Crippen molar-refractivity contribution in [2.45, 2.75) is 9.79 Å². The molecule has 0 aliphatic carbocycles. The third-order valence-corrected chi connectivity index (χ3v) is 6.14. The number of hydrogen-bond acceptors (Lipinski definition) is 6. The first kappa shape index (κ1) is 20.1. The van der Waals surface area contributed by atoms with E-state index in [0.29, 0.717) is 0 Å². The molecule has 0 aliphatic heterocycles. The van der Waals surface area contributed by atoms with Crippen molar-refractivity contribution < 1.29 is 27.0 Å². The van der Waals surface area contributed by atoms with Gasteiger partial charge in [0.2, 0.25) is 10.0 Å². The fourth-order valence-corrected chi connectivity index (χ4v) is 4.99. The smallest absolute Gasteiger partial charge is 0.265 e. The van der Waals surface area contributed by atoms with Crippen LogP contribution in [0.25, 0.3) is 0 Å². The summed E-state index contributed by atoms with van der Waals surface area (Å²) in [4.78, 5) is -1.38. The Kier molecular flexibility index (Phi) is 5.47. The van der Waals surface area contributed by atoms with Gasteiger partial charge in [-0.25, -0.2) is 22.0 Å². The number of anilines is 1. The van der Waals surface area contributed by atoms with Gasteiger partial charge in [-0.2, -0.15) is 0 Å². The summed E-state index contributed by atoms with van der Waals surface area (Å²) >= 11 is 14.5. The average Bonchev–Trinajstić information content (AvgIpc) is 2.44. The van der Waals surface area contributed by atoms with Gasteiger partial charge < -0.3 is 10.2 Å². The number of primary sulfonamides is 1. The molecule has 0 unspecified atom stereocenters. The van der Waals surface area contributed by atoms with Crippen LogP contribution in [0, 0.1) is 0 Å². The molecule has 2 aromatic carbocycles. The number of sulfonamides is 2. The van der Waals surface area contributed by atoms with Crippen molar-refractivity contribution in [1.82, 2.24) is 0 Å². The minimum absolute atomic E-state index is 0.198. The fraction of sp³-hybridized carbons (Fsp3) is 0. The Labute approximate surface area is 161 Å². The van der Waals surface area contributed by atoms with Crippen LogP contribution in [0.5, 0.6) is 11.5 Å². The summed E-state index contributed by atoms with van der Waals surface area (Å²) in [5.41, 5.74) is -0.549. The third-order valence-electron chi connectivity index (χ3n) is 2.87. The van der Waals surface area contributed by atoms with Gasteiger partial charge in [-0.15, -0.1) is 0 Å². The molecule has 0 radical (unpaired) electrons. The van der Waals surface area contributed by atoms with Crippen LogP contribution in [0.3, 0.4) is 0 Å². The number of phenols is 2. The topological polar surface area (TPSA) is 147 Å². The summed E-state index contributed by atoms with van der Waals surface area (Å²) in [5, 5.41) is 24.4. The molecule has 136 valence electrons. The second-order valence-corrected chi connectivity index (χ2v) is 9.62. The zero-order chi connectivity index (χ0) is 19.2. The van der Waals surface area contributed by atoms with Crippen molar-refractivity contribution in [1.29, 1.82) is 0 Å². The molecular weight excluding hydrogens is 483 g/mol. The lowest BCUT2D eigenvalue weighted by Crippen LogP contribution is -2.16. The van der Waals surface area contributed by atoms with E-state index in [4.69, 9.17) is 28.3 Å². The number of nitrogens with two attached hydrogens (primary N) is 1. The van der Waals surface area contributed by atoms with Crippen LogP contribution < -0.4 is 9.86 Å². The number of phenolic OH excluding ortho intramolecular Hbond substituents is 2. The molecule has 0 amide bonds. The van der Waals surface area contributed by atoms with Crippen molar-refractivity contribution in [2.75, 3.05) is 4.72 Å². The van der Waals surface area contributed by atoms with E-state index in [0.717, 1.165) is 18.2 Å². The Balaban J connectivity index is 2.62. The molecule has 0 spiro atoms. The summed E-state index contributed by atoms with van der Waals surface area (Å²) < 4.78 is 50.0. The molecule has 13 heteroatoms. The van der Waals surface area contributed by atoms with E-state index in [1.807, 2.05) is 4.72 Å². The van der Waals surface area contributed by atoms with Crippen LogP contribution in [0.4, 0.5) is 5.69 Å². The summed E-state index contributed by atoms with van der Waals surface area (Å²) in [6, 6.07) is 4.16. The van der Waals surface area contributed by atoms with Crippen molar-refractivity contribution in [3.63, 3.8) is 0 Å². The average molecular weight is 492 g/mol. The summed E-state index contributed by atoms with van der Waals surface area (Å²) in [6.07, 6.45) is 0. The molecule has 0 heterocycles. The molecule has 0 aliphatic rings. The molecule has 2 aromatic rings. The van der Waals surface area contributed by atoms with Gasteiger partial charge in [-0.05, 0) is 24.3 Å². The minimum Gasteiger partial charge on any atom is -0.505 e. The van der Waals surface area contributed by atoms with Gasteiger partial charge in [0.05, 0.1) is 10.7 Å². The van der Waals surface area contributed by atoms with Gasteiger partial charge in [0.1, 0.15) is 9.79 Å². The van der Waals surface area contributed by atoms with E-state index >= 15 is 0 Å². The lowest BCUT2D eigenvalue weighted by atomic mass is 10.3. The van der Waals surface area contributed by atoms with Crippen LogP contribution in [-0.2, 0) is 20.0 Å². The molecule has 0 atom stereocenters. The van der Waals surface area contributed by atoms with E-state index in [-0.39, 0.29) is 14.5 Å². The first-order valence-electron chi connectivity index (χ1n) is 6.09. The fourth-order valence-electron chi connectivity index (χ4n) is 1.82. The van der Waals surface area contributed by atoms with Crippen LogP contribution in [0.1, 0.15) is 0 Å². The summed E-state index contributed by atoms with van der Waals surface area (Å²) in [6.45, 7) is 0. The Hall–Kier alpha value is -1.24. The van der Waals surface area contributed by atoms with E-state index in [1.54, 1.807) is 0 Å². The Morgan fingerprint density at radius 1 is 0.960 bits per heavy atom. The van der Waals surface area contributed by atoms with E-state index < -0.39 is 47.0 Å². The molecule has 0 fully saturated rings. The maximum Gasteiger partial charge on any atom is 0.265 e. The first-order chi connectivity index (χ1) is 11.3. The largest absolute Gasteiger partial charge is 0.505 e. The van der Waals surface area contributed by atoms with Gasteiger partial charge in [0.15, 0.2) is 11.5 Å². The lowest BCUT2D eigenvalue weighted by molar-refractivity contribution is 0.457. The highest BCUT2D eigenvalue weighted by Crippen LogP contribution is 2.38. The molecule has 25 heavy (non-hydrogen) atoms. The maximum atomic E-state index is 12.5. The van der Waals surface area contributed by atoms with Gasteiger partial charge in [0, 0.05) is 9.50 Å². The van der Waals surface area contributed by atoms with E-state index in [9.17, 15) is 27.0 Å². The second-order valence-electron chi connectivity index (χ2n) is 4.68. The molecule has 0 bridgehead atoms. The maximum absolute atomic E-state index is 12.5. The number of aromatic hydroxyl groups is 2.